The number of methoxy groups -OCH3 is 1. The molecule has 1 atom stereocenters. The molecule has 1 aromatic carbocycles. The van der Waals surface area contributed by atoms with Gasteiger partial charge in [-0.05, 0) is 25.1 Å². The van der Waals surface area contributed by atoms with Crippen molar-refractivity contribution in [2.45, 2.75) is 19.4 Å². The van der Waals surface area contributed by atoms with Crippen molar-refractivity contribution in [1.82, 2.24) is 5.32 Å². The standard InChI is InChI=1S/C15H23N3O2/c1-4-16-14-12-7-6-11(10-13(12)17-15(14)19)18(2)8-5-9-20-3/h6-7,10,14,16H,4-5,8-9H2,1-3H3,(H,17,19). The largest absolute Gasteiger partial charge is 0.385 e. The summed E-state index contributed by atoms with van der Waals surface area (Å²) in [6, 6.07) is 5.92. The number of hydrogen-bond acceptors (Lipinski definition) is 4. The average molecular weight is 277 g/mol. The van der Waals surface area contributed by atoms with Crippen LogP contribution in [0.1, 0.15) is 24.9 Å². The lowest BCUT2D eigenvalue weighted by molar-refractivity contribution is -0.117. The topological polar surface area (TPSA) is 53.6 Å². The highest BCUT2D eigenvalue weighted by Crippen LogP contribution is 2.33. The zero-order valence-corrected chi connectivity index (χ0v) is 12.4. The van der Waals surface area contributed by atoms with Gasteiger partial charge in [0, 0.05) is 44.2 Å². The fourth-order valence-corrected chi connectivity index (χ4v) is 2.47. The molecule has 0 saturated carbocycles. The molecule has 0 bridgehead atoms. The zero-order valence-electron chi connectivity index (χ0n) is 12.4. The molecule has 5 nitrogen and oxygen atoms in total. The summed E-state index contributed by atoms with van der Waals surface area (Å²) >= 11 is 0. The predicted octanol–water partition coefficient (Wildman–Crippen LogP) is 1.76. The highest BCUT2D eigenvalue weighted by molar-refractivity contribution is 6.03. The first-order valence-corrected chi connectivity index (χ1v) is 7.05. The summed E-state index contributed by atoms with van der Waals surface area (Å²) in [5, 5.41) is 6.14. The van der Waals surface area contributed by atoms with Crippen LogP contribution in [-0.4, -0.2) is 39.8 Å². The fraction of sp³-hybridized carbons (Fsp3) is 0.533. The number of anilines is 2. The fourth-order valence-electron chi connectivity index (χ4n) is 2.47. The van der Waals surface area contributed by atoms with Gasteiger partial charge < -0.3 is 20.3 Å². The molecule has 110 valence electrons. The van der Waals surface area contributed by atoms with E-state index >= 15 is 0 Å². The van der Waals surface area contributed by atoms with Crippen LogP contribution in [0.2, 0.25) is 0 Å². The van der Waals surface area contributed by atoms with E-state index in [0.717, 1.165) is 43.1 Å². The van der Waals surface area contributed by atoms with Gasteiger partial charge in [0.1, 0.15) is 6.04 Å². The summed E-state index contributed by atoms with van der Waals surface area (Å²) in [4.78, 5) is 14.1. The molecule has 2 rings (SSSR count). The van der Waals surface area contributed by atoms with E-state index in [2.05, 4.69) is 28.6 Å². The summed E-state index contributed by atoms with van der Waals surface area (Å²) < 4.78 is 5.07. The van der Waals surface area contributed by atoms with Crippen molar-refractivity contribution in [1.29, 1.82) is 0 Å². The molecular weight excluding hydrogens is 254 g/mol. The van der Waals surface area contributed by atoms with Crippen molar-refractivity contribution in [3.63, 3.8) is 0 Å². The molecule has 0 spiro atoms. The lowest BCUT2D eigenvalue weighted by Crippen LogP contribution is -2.27. The maximum Gasteiger partial charge on any atom is 0.246 e. The van der Waals surface area contributed by atoms with Crippen molar-refractivity contribution in [3.05, 3.63) is 23.8 Å². The molecule has 1 amide bonds. The molecule has 0 fully saturated rings. The van der Waals surface area contributed by atoms with Gasteiger partial charge in [-0.15, -0.1) is 0 Å². The molecule has 2 N–H and O–H groups in total. The second kappa shape index (κ2) is 6.72. The number of rotatable bonds is 7. The molecule has 0 aliphatic carbocycles. The quantitative estimate of drug-likeness (QED) is 0.746. The number of hydrogen-bond donors (Lipinski definition) is 2. The van der Waals surface area contributed by atoms with Crippen LogP contribution in [0.4, 0.5) is 11.4 Å². The van der Waals surface area contributed by atoms with Gasteiger partial charge in [0.05, 0.1) is 0 Å². The number of benzene rings is 1. The first-order chi connectivity index (χ1) is 9.67. The maximum absolute atomic E-state index is 11.9. The van der Waals surface area contributed by atoms with Crippen molar-refractivity contribution in [2.24, 2.45) is 0 Å². The van der Waals surface area contributed by atoms with E-state index in [4.69, 9.17) is 4.74 Å². The number of ether oxygens (including phenoxy) is 1. The minimum atomic E-state index is -0.220. The first-order valence-electron chi connectivity index (χ1n) is 7.05. The smallest absolute Gasteiger partial charge is 0.246 e. The highest BCUT2D eigenvalue weighted by atomic mass is 16.5. The van der Waals surface area contributed by atoms with Crippen LogP contribution in [0.15, 0.2) is 18.2 Å². The number of likely N-dealkylation sites (N-methyl/N-ethyl adjacent to an activating group) is 1. The van der Waals surface area contributed by atoms with Crippen LogP contribution in [0.25, 0.3) is 0 Å². The summed E-state index contributed by atoms with van der Waals surface area (Å²) in [6.45, 7) is 4.46. The van der Waals surface area contributed by atoms with Crippen molar-refractivity contribution >= 4 is 17.3 Å². The third-order valence-electron chi connectivity index (χ3n) is 3.56. The molecular formula is C15H23N3O2. The van der Waals surface area contributed by atoms with Crippen LogP contribution >= 0.6 is 0 Å². The monoisotopic (exact) mass is 277 g/mol. The predicted molar refractivity (Wildman–Crippen MR) is 81.3 cm³/mol. The summed E-state index contributed by atoms with van der Waals surface area (Å²) in [6.07, 6.45) is 0.983. The Hall–Kier alpha value is -1.59. The van der Waals surface area contributed by atoms with E-state index in [0.29, 0.717) is 0 Å². The van der Waals surface area contributed by atoms with Crippen molar-refractivity contribution in [2.75, 3.05) is 44.1 Å². The lowest BCUT2D eigenvalue weighted by atomic mass is 10.1. The molecule has 1 aliphatic rings. The SMILES string of the molecule is CCNC1C(=O)Nc2cc(N(C)CCCOC)ccc21. The van der Waals surface area contributed by atoms with Gasteiger partial charge in [-0.3, -0.25) is 4.79 Å². The number of fused-ring (bicyclic) bond motifs is 1. The number of amides is 1. The summed E-state index contributed by atoms with van der Waals surface area (Å²) in [5.41, 5.74) is 3.06. The van der Waals surface area contributed by atoms with Crippen molar-refractivity contribution < 1.29 is 9.53 Å². The van der Waals surface area contributed by atoms with E-state index < -0.39 is 0 Å². The van der Waals surface area contributed by atoms with Gasteiger partial charge in [-0.1, -0.05) is 13.0 Å². The average Bonchev–Trinajstić information content (AvgIpc) is 2.75. The number of carbonyl (C=O) groups excluding carboxylic acids is 1. The Morgan fingerprint density at radius 2 is 2.25 bits per heavy atom. The van der Waals surface area contributed by atoms with Crippen LogP contribution in [0.5, 0.6) is 0 Å². The van der Waals surface area contributed by atoms with E-state index in [1.165, 1.54) is 0 Å². The van der Waals surface area contributed by atoms with Crippen molar-refractivity contribution in [3.8, 4) is 0 Å². The van der Waals surface area contributed by atoms with Gasteiger partial charge in [-0.2, -0.15) is 0 Å². The van der Waals surface area contributed by atoms with Gasteiger partial charge in [0.2, 0.25) is 5.91 Å². The van der Waals surface area contributed by atoms with Gasteiger partial charge in [0.15, 0.2) is 0 Å². The lowest BCUT2D eigenvalue weighted by Gasteiger charge is -2.20. The molecule has 1 aromatic rings. The molecule has 1 heterocycles. The van der Waals surface area contributed by atoms with Crippen LogP contribution in [-0.2, 0) is 9.53 Å². The molecule has 0 saturated heterocycles. The van der Waals surface area contributed by atoms with E-state index in [9.17, 15) is 4.79 Å². The number of nitrogens with zero attached hydrogens (tertiary/aromatic N) is 1. The second-order valence-corrected chi connectivity index (χ2v) is 5.02. The summed E-state index contributed by atoms with van der Waals surface area (Å²) in [5.74, 6) is 0.0287. The Labute approximate surface area is 120 Å². The molecule has 5 heteroatoms. The molecule has 20 heavy (non-hydrogen) atoms. The zero-order chi connectivity index (χ0) is 14.5. The third-order valence-corrected chi connectivity index (χ3v) is 3.56. The normalized spacial score (nSPS) is 16.9. The highest BCUT2D eigenvalue weighted by Gasteiger charge is 2.29. The Morgan fingerprint density at radius 3 is 2.95 bits per heavy atom. The Bertz CT molecular complexity index is 476. The van der Waals surface area contributed by atoms with Gasteiger partial charge in [0.25, 0.3) is 0 Å². The molecule has 1 unspecified atom stereocenters. The van der Waals surface area contributed by atoms with Crippen LogP contribution < -0.4 is 15.5 Å². The Balaban J connectivity index is 2.09. The first kappa shape index (κ1) is 14.8. The molecule has 0 aromatic heterocycles. The Kier molecular flexibility index (Phi) is 4.98. The van der Waals surface area contributed by atoms with E-state index in [1.54, 1.807) is 7.11 Å². The Morgan fingerprint density at radius 1 is 1.45 bits per heavy atom. The minimum Gasteiger partial charge on any atom is -0.385 e. The van der Waals surface area contributed by atoms with Crippen LogP contribution in [0.3, 0.4) is 0 Å². The second-order valence-electron chi connectivity index (χ2n) is 5.02. The maximum atomic E-state index is 11.9. The number of carbonyl (C=O) groups is 1. The van der Waals surface area contributed by atoms with E-state index in [1.807, 2.05) is 19.1 Å². The minimum absolute atomic E-state index is 0.0287. The third kappa shape index (κ3) is 3.11. The van der Waals surface area contributed by atoms with Crippen LogP contribution in [0, 0.1) is 0 Å². The van der Waals surface area contributed by atoms with E-state index in [-0.39, 0.29) is 11.9 Å². The van der Waals surface area contributed by atoms with Gasteiger partial charge >= 0.3 is 0 Å². The molecule has 0 radical (unpaired) electrons. The number of nitrogens with one attached hydrogen (secondary N) is 2. The summed E-state index contributed by atoms with van der Waals surface area (Å²) in [7, 11) is 3.77. The van der Waals surface area contributed by atoms with Gasteiger partial charge in [-0.25, -0.2) is 0 Å². The molecule has 1 aliphatic heterocycles.